The topological polar surface area (TPSA) is 84.3 Å². The van der Waals surface area contributed by atoms with E-state index in [-0.39, 0.29) is 12.0 Å². The zero-order chi connectivity index (χ0) is 18.9. The van der Waals surface area contributed by atoms with E-state index in [4.69, 9.17) is 4.74 Å². The van der Waals surface area contributed by atoms with E-state index in [1.54, 1.807) is 0 Å². The van der Waals surface area contributed by atoms with E-state index < -0.39 is 0 Å². The van der Waals surface area contributed by atoms with Crippen LogP contribution < -0.4 is 10.6 Å². The van der Waals surface area contributed by atoms with Crippen LogP contribution in [0.15, 0.2) is 6.20 Å². The molecule has 0 bridgehead atoms. The second kappa shape index (κ2) is 10.6. The molecule has 2 rings (SSSR count). The van der Waals surface area contributed by atoms with Gasteiger partial charge in [0.05, 0.1) is 37.2 Å². The molecule has 0 unspecified atom stereocenters. The lowest BCUT2D eigenvalue weighted by atomic mass is 10.1. The zero-order valence-corrected chi connectivity index (χ0v) is 16.6. The lowest BCUT2D eigenvalue weighted by Crippen LogP contribution is -2.42. The molecule has 2 heterocycles. The second-order valence-corrected chi connectivity index (χ2v) is 7.50. The van der Waals surface area contributed by atoms with Gasteiger partial charge < -0.3 is 15.4 Å². The number of piperidine rings is 1. The van der Waals surface area contributed by atoms with Crippen molar-refractivity contribution < 1.29 is 9.53 Å². The van der Waals surface area contributed by atoms with Gasteiger partial charge >= 0.3 is 0 Å². The molecule has 0 atom stereocenters. The van der Waals surface area contributed by atoms with Crippen molar-refractivity contribution in [2.45, 2.75) is 65.3 Å². The Hall–Kier alpha value is -1.51. The standard InChI is InChI=1S/C18H34N6O2/c1-14(2)20-11-16-12-24(22-21-16)17-5-8-23(9-6-17)13-18(25)19-7-10-26-15(3)4/h12,14-15,17,20H,5-11,13H2,1-4H3,(H,19,25). The Balaban J connectivity index is 1.66. The van der Waals surface area contributed by atoms with Crippen LogP contribution in [0.25, 0.3) is 0 Å². The minimum Gasteiger partial charge on any atom is -0.377 e. The highest BCUT2D eigenvalue weighted by Crippen LogP contribution is 2.21. The maximum Gasteiger partial charge on any atom is 0.234 e. The summed E-state index contributed by atoms with van der Waals surface area (Å²) in [7, 11) is 0. The molecule has 1 aromatic rings. The van der Waals surface area contributed by atoms with Gasteiger partial charge in [-0.25, -0.2) is 4.68 Å². The van der Waals surface area contributed by atoms with Crippen molar-refractivity contribution in [2.75, 3.05) is 32.8 Å². The summed E-state index contributed by atoms with van der Waals surface area (Å²) in [5, 5.41) is 14.8. The summed E-state index contributed by atoms with van der Waals surface area (Å²) in [5.41, 5.74) is 0.976. The van der Waals surface area contributed by atoms with Gasteiger partial charge in [-0.15, -0.1) is 5.10 Å². The quantitative estimate of drug-likeness (QED) is 0.600. The van der Waals surface area contributed by atoms with Crippen molar-refractivity contribution >= 4 is 5.91 Å². The summed E-state index contributed by atoms with van der Waals surface area (Å²) in [6, 6.07) is 0.806. The summed E-state index contributed by atoms with van der Waals surface area (Å²) >= 11 is 0. The van der Waals surface area contributed by atoms with E-state index in [0.29, 0.717) is 31.8 Å². The molecule has 1 aliphatic rings. The van der Waals surface area contributed by atoms with Gasteiger partial charge in [-0.2, -0.15) is 0 Å². The molecule has 1 aliphatic heterocycles. The number of hydrogen-bond donors (Lipinski definition) is 2. The Kier molecular flexibility index (Phi) is 8.47. The van der Waals surface area contributed by atoms with Gasteiger partial charge in [-0.1, -0.05) is 19.1 Å². The van der Waals surface area contributed by atoms with Crippen molar-refractivity contribution in [3.63, 3.8) is 0 Å². The summed E-state index contributed by atoms with van der Waals surface area (Å²) in [6.45, 7) is 12.4. The number of aromatic nitrogens is 3. The summed E-state index contributed by atoms with van der Waals surface area (Å²) < 4.78 is 7.41. The molecule has 0 saturated carbocycles. The number of likely N-dealkylation sites (tertiary alicyclic amines) is 1. The molecule has 2 N–H and O–H groups in total. The van der Waals surface area contributed by atoms with E-state index in [2.05, 4.69) is 39.7 Å². The number of carbonyl (C=O) groups is 1. The van der Waals surface area contributed by atoms with E-state index in [1.165, 1.54) is 0 Å². The highest BCUT2D eigenvalue weighted by atomic mass is 16.5. The molecule has 1 fully saturated rings. The molecule has 1 aromatic heterocycles. The molecule has 8 nitrogen and oxygen atoms in total. The summed E-state index contributed by atoms with van der Waals surface area (Å²) in [5.74, 6) is 0.0682. The Bertz CT molecular complexity index is 538. The normalized spacial score (nSPS) is 16.5. The third-order valence-electron chi connectivity index (χ3n) is 4.42. The Labute approximate surface area is 156 Å². The average Bonchev–Trinajstić information content (AvgIpc) is 3.06. The van der Waals surface area contributed by atoms with Crippen LogP contribution in [0, 0.1) is 0 Å². The SMILES string of the molecule is CC(C)NCc1cn(C2CCN(CC(=O)NCCOC(C)C)CC2)nn1. The second-order valence-electron chi connectivity index (χ2n) is 7.50. The smallest absolute Gasteiger partial charge is 0.234 e. The molecule has 0 spiro atoms. The predicted molar refractivity (Wildman–Crippen MR) is 101 cm³/mol. The Morgan fingerprint density at radius 3 is 2.69 bits per heavy atom. The van der Waals surface area contributed by atoms with E-state index in [0.717, 1.165) is 38.2 Å². The maximum atomic E-state index is 12.0. The molecular formula is C18H34N6O2. The summed E-state index contributed by atoms with van der Waals surface area (Å²) in [4.78, 5) is 14.2. The fraction of sp³-hybridized carbons (Fsp3) is 0.833. The van der Waals surface area contributed by atoms with Crippen LogP contribution in [0.2, 0.25) is 0 Å². The number of carbonyl (C=O) groups excluding carboxylic acids is 1. The van der Waals surface area contributed by atoms with E-state index >= 15 is 0 Å². The molecule has 1 amide bonds. The van der Waals surface area contributed by atoms with Crippen LogP contribution in [0.3, 0.4) is 0 Å². The molecule has 148 valence electrons. The highest BCUT2D eigenvalue weighted by molar-refractivity contribution is 5.77. The van der Waals surface area contributed by atoms with E-state index in [9.17, 15) is 4.79 Å². The minimum absolute atomic E-state index is 0.0682. The van der Waals surface area contributed by atoms with Crippen LogP contribution in [-0.2, 0) is 16.1 Å². The van der Waals surface area contributed by atoms with Crippen molar-refractivity contribution in [2.24, 2.45) is 0 Å². The third-order valence-corrected chi connectivity index (χ3v) is 4.42. The molecule has 0 aliphatic carbocycles. The molecule has 0 aromatic carbocycles. The van der Waals surface area contributed by atoms with Crippen molar-refractivity contribution in [1.29, 1.82) is 0 Å². The van der Waals surface area contributed by atoms with Crippen LogP contribution in [0.4, 0.5) is 0 Å². The number of nitrogens with zero attached hydrogens (tertiary/aromatic N) is 4. The number of nitrogens with one attached hydrogen (secondary N) is 2. The molecule has 0 radical (unpaired) electrons. The van der Waals surface area contributed by atoms with Gasteiger partial charge in [-0.05, 0) is 26.7 Å². The number of amides is 1. The Morgan fingerprint density at radius 2 is 2.04 bits per heavy atom. The lowest BCUT2D eigenvalue weighted by Gasteiger charge is -2.31. The number of hydrogen-bond acceptors (Lipinski definition) is 6. The fourth-order valence-electron chi connectivity index (χ4n) is 2.97. The van der Waals surface area contributed by atoms with Crippen LogP contribution in [0.1, 0.15) is 52.3 Å². The van der Waals surface area contributed by atoms with Crippen LogP contribution in [0.5, 0.6) is 0 Å². The monoisotopic (exact) mass is 366 g/mol. The van der Waals surface area contributed by atoms with Gasteiger partial charge in [0.15, 0.2) is 0 Å². The van der Waals surface area contributed by atoms with Crippen LogP contribution >= 0.6 is 0 Å². The van der Waals surface area contributed by atoms with Gasteiger partial charge in [0, 0.05) is 32.2 Å². The Morgan fingerprint density at radius 1 is 1.31 bits per heavy atom. The van der Waals surface area contributed by atoms with Crippen molar-refractivity contribution in [1.82, 2.24) is 30.5 Å². The minimum atomic E-state index is 0.0682. The largest absolute Gasteiger partial charge is 0.377 e. The lowest BCUT2D eigenvalue weighted by molar-refractivity contribution is -0.122. The first-order chi connectivity index (χ1) is 12.4. The molecular weight excluding hydrogens is 332 g/mol. The highest BCUT2D eigenvalue weighted by Gasteiger charge is 2.22. The molecule has 26 heavy (non-hydrogen) atoms. The third kappa shape index (κ3) is 7.39. The van der Waals surface area contributed by atoms with Gasteiger partial charge in [-0.3, -0.25) is 9.69 Å². The number of ether oxygens (including phenoxy) is 1. The zero-order valence-electron chi connectivity index (χ0n) is 16.6. The number of rotatable bonds is 10. The maximum absolute atomic E-state index is 12.0. The van der Waals surface area contributed by atoms with Gasteiger partial charge in [0.1, 0.15) is 0 Å². The first-order valence-corrected chi connectivity index (χ1v) is 9.68. The first kappa shape index (κ1) is 20.8. The van der Waals surface area contributed by atoms with Crippen molar-refractivity contribution in [3.05, 3.63) is 11.9 Å². The molecule has 8 heteroatoms. The van der Waals surface area contributed by atoms with Crippen molar-refractivity contribution in [3.8, 4) is 0 Å². The first-order valence-electron chi connectivity index (χ1n) is 9.68. The summed E-state index contributed by atoms with van der Waals surface area (Å²) in [6.07, 6.45) is 4.22. The molecule has 1 saturated heterocycles. The average molecular weight is 367 g/mol. The van der Waals surface area contributed by atoms with Gasteiger partial charge in [0.2, 0.25) is 5.91 Å². The predicted octanol–water partition coefficient (Wildman–Crippen LogP) is 0.954. The van der Waals surface area contributed by atoms with Gasteiger partial charge in [0.25, 0.3) is 0 Å². The van der Waals surface area contributed by atoms with Crippen LogP contribution in [-0.4, -0.2) is 70.7 Å². The van der Waals surface area contributed by atoms with E-state index in [1.807, 2.05) is 24.7 Å². The fourth-order valence-corrected chi connectivity index (χ4v) is 2.97.